The van der Waals surface area contributed by atoms with Crippen LogP contribution in [0, 0.1) is 5.92 Å². The number of hydrogen-bond donors (Lipinski definition) is 1. The molecule has 0 saturated carbocycles. The zero-order valence-corrected chi connectivity index (χ0v) is 17.0. The third kappa shape index (κ3) is 4.54. The summed E-state index contributed by atoms with van der Waals surface area (Å²) in [6.07, 6.45) is 1.97. The first kappa shape index (κ1) is 20.2. The maximum absolute atomic E-state index is 12.7. The van der Waals surface area contributed by atoms with E-state index in [9.17, 15) is 9.59 Å². The van der Waals surface area contributed by atoms with Crippen LogP contribution in [0.5, 0.6) is 5.75 Å². The van der Waals surface area contributed by atoms with Gasteiger partial charge in [-0.3, -0.25) is 9.59 Å². The molecule has 2 aliphatic heterocycles. The van der Waals surface area contributed by atoms with Crippen LogP contribution >= 0.6 is 0 Å². The van der Waals surface area contributed by atoms with Gasteiger partial charge in [0.15, 0.2) is 0 Å². The topological polar surface area (TPSA) is 84.0 Å². The fraction of sp³-hybridized carbons (Fsp3) is 0.409. The van der Waals surface area contributed by atoms with E-state index in [0.29, 0.717) is 32.1 Å². The van der Waals surface area contributed by atoms with E-state index in [1.807, 2.05) is 36.4 Å². The predicted molar refractivity (Wildman–Crippen MR) is 113 cm³/mol. The van der Waals surface area contributed by atoms with Crippen molar-refractivity contribution in [2.75, 3.05) is 49.8 Å². The molecule has 2 aliphatic rings. The molecule has 8 nitrogen and oxygen atoms in total. The van der Waals surface area contributed by atoms with E-state index in [4.69, 9.17) is 9.47 Å². The van der Waals surface area contributed by atoms with Crippen LogP contribution in [0.4, 0.5) is 11.5 Å². The molecule has 0 spiro atoms. The number of carbonyl (C=O) groups is 2. The molecule has 8 heteroatoms. The van der Waals surface area contributed by atoms with Crippen LogP contribution in [-0.4, -0.2) is 56.8 Å². The van der Waals surface area contributed by atoms with Crippen LogP contribution in [0.15, 0.2) is 42.6 Å². The Morgan fingerprint density at radius 1 is 1.27 bits per heavy atom. The molecule has 1 aromatic carbocycles. The molecule has 1 unspecified atom stereocenters. The molecule has 3 heterocycles. The summed E-state index contributed by atoms with van der Waals surface area (Å²) in [7, 11) is 1.59. The van der Waals surface area contributed by atoms with Gasteiger partial charge in [-0.2, -0.15) is 0 Å². The van der Waals surface area contributed by atoms with Crippen molar-refractivity contribution in [3.63, 3.8) is 0 Å². The van der Waals surface area contributed by atoms with Crippen LogP contribution in [0.25, 0.3) is 0 Å². The van der Waals surface area contributed by atoms with Gasteiger partial charge in [0.1, 0.15) is 11.6 Å². The van der Waals surface area contributed by atoms with Gasteiger partial charge in [0.25, 0.3) is 0 Å². The molecule has 1 aromatic heterocycles. The fourth-order valence-electron chi connectivity index (χ4n) is 3.78. The standard InChI is InChI=1S/C22H26N4O4/c1-29-19-4-2-3-18(13-19)26-15-17(12-21(26)27)22(28)24-14-16-5-6-23-20(11-16)25-7-9-30-10-8-25/h2-6,11,13,17H,7-10,12,14-15H2,1H3,(H,24,28). The smallest absolute Gasteiger partial charge is 0.227 e. The molecule has 0 radical (unpaired) electrons. The number of nitrogens with zero attached hydrogens (tertiary/aromatic N) is 3. The highest BCUT2D eigenvalue weighted by Gasteiger charge is 2.35. The van der Waals surface area contributed by atoms with Crippen molar-refractivity contribution in [2.24, 2.45) is 5.92 Å². The summed E-state index contributed by atoms with van der Waals surface area (Å²) in [6, 6.07) is 11.2. The molecule has 30 heavy (non-hydrogen) atoms. The second kappa shape index (κ2) is 9.13. The SMILES string of the molecule is COc1cccc(N2CC(C(=O)NCc3ccnc(N4CCOCC4)c3)CC2=O)c1. The molecule has 0 aliphatic carbocycles. The quantitative estimate of drug-likeness (QED) is 0.779. The Balaban J connectivity index is 1.35. The molecule has 158 valence electrons. The fourth-order valence-corrected chi connectivity index (χ4v) is 3.78. The van der Waals surface area contributed by atoms with E-state index in [-0.39, 0.29) is 24.2 Å². The largest absolute Gasteiger partial charge is 0.497 e. The molecule has 1 atom stereocenters. The summed E-state index contributed by atoms with van der Waals surface area (Å²) in [5, 5.41) is 2.97. The lowest BCUT2D eigenvalue weighted by Gasteiger charge is -2.28. The van der Waals surface area contributed by atoms with Crippen molar-refractivity contribution < 1.29 is 19.1 Å². The minimum absolute atomic E-state index is 0.0538. The number of nitrogens with one attached hydrogen (secondary N) is 1. The van der Waals surface area contributed by atoms with Gasteiger partial charge in [-0.1, -0.05) is 6.07 Å². The average molecular weight is 410 g/mol. The van der Waals surface area contributed by atoms with Gasteiger partial charge >= 0.3 is 0 Å². The normalized spacial score (nSPS) is 19.1. The highest BCUT2D eigenvalue weighted by molar-refractivity contribution is 6.00. The highest BCUT2D eigenvalue weighted by atomic mass is 16.5. The first-order valence-electron chi connectivity index (χ1n) is 10.1. The zero-order valence-electron chi connectivity index (χ0n) is 17.0. The van der Waals surface area contributed by atoms with Gasteiger partial charge in [-0.05, 0) is 29.8 Å². The number of amides is 2. The first-order valence-corrected chi connectivity index (χ1v) is 10.1. The summed E-state index contributed by atoms with van der Waals surface area (Å²) in [4.78, 5) is 33.4. The van der Waals surface area contributed by atoms with Crippen molar-refractivity contribution >= 4 is 23.3 Å². The molecular formula is C22H26N4O4. The van der Waals surface area contributed by atoms with Gasteiger partial charge < -0.3 is 24.6 Å². The summed E-state index contributed by atoms with van der Waals surface area (Å²) < 4.78 is 10.6. The van der Waals surface area contributed by atoms with Gasteiger partial charge in [-0.15, -0.1) is 0 Å². The summed E-state index contributed by atoms with van der Waals surface area (Å²) in [6.45, 7) is 3.79. The first-order chi connectivity index (χ1) is 14.6. The number of morpholine rings is 1. The number of benzene rings is 1. The van der Waals surface area contributed by atoms with E-state index in [2.05, 4.69) is 15.2 Å². The summed E-state index contributed by atoms with van der Waals surface area (Å²) >= 11 is 0. The van der Waals surface area contributed by atoms with Gasteiger partial charge in [-0.25, -0.2) is 4.98 Å². The van der Waals surface area contributed by atoms with E-state index < -0.39 is 0 Å². The number of ether oxygens (including phenoxy) is 2. The van der Waals surface area contributed by atoms with Gasteiger partial charge in [0.05, 0.1) is 26.2 Å². The van der Waals surface area contributed by atoms with Crippen LogP contribution in [-0.2, 0) is 20.9 Å². The Bertz CT molecular complexity index is 914. The number of anilines is 2. The predicted octanol–water partition coefficient (Wildman–Crippen LogP) is 1.60. The van der Waals surface area contributed by atoms with Crippen molar-refractivity contribution in [1.29, 1.82) is 0 Å². The molecular weight excluding hydrogens is 384 g/mol. The van der Waals surface area contributed by atoms with Crippen LogP contribution < -0.4 is 19.9 Å². The van der Waals surface area contributed by atoms with Crippen molar-refractivity contribution in [3.05, 3.63) is 48.2 Å². The van der Waals surface area contributed by atoms with Crippen LogP contribution in [0.2, 0.25) is 0 Å². The molecule has 4 rings (SSSR count). The second-order valence-corrected chi connectivity index (χ2v) is 7.45. The summed E-state index contributed by atoms with van der Waals surface area (Å²) in [5.74, 6) is 1.04. The maximum atomic E-state index is 12.7. The zero-order chi connectivity index (χ0) is 20.9. The van der Waals surface area contributed by atoms with Crippen LogP contribution in [0.3, 0.4) is 0 Å². The third-order valence-corrected chi connectivity index (χ3v) is 5.47. The lowest BCUT2D eigenvalue weighted by atomic mass is 10.1. The molecule has 2 saturated heterocycles. The highest BCUT2D eigenvalue weighted by Crippen LogP contribution is 2.28. The number of hydrogen-bond acceptors (Lipinski definition) is 6. The molecule has 0 bridgehead atoms. The molecule has 1 N–H and O–H groups in total. The second-order valence-electron chi connectivity index (χ2n) is 7.45. The van der Waals surface area contributed by atoms with Crippen molar-refractivity contribution in [3.8, 4) is 5.75 Å². The lowest BCUT2D eigenvalue weighted by Crippen LogP contribution is -2.37. The number of carbonyl (C=O) groups excluding carboxylic acids is 2. The Hall–Kier alpha value is -3.13. The minimum Gasteiger partial charge on any atom is -0.497 e. The van der Waals surface area contributed by atoms with Gasteiger partial charge in [0.2, 0.25) is 11.8 Å². The molecule has 2 aromatic rings. The Morgan fingerprint density at radius 2 is 2.10 bits per heavy atom. The Kier molecular flexibility index (Phi) is 6.13. The van der Waals surface area contributed by atoms with E-state index >= 15 is 0 Å². The van der Waals surface area contributed by atoms with Gasteiger partial charge in [0, 0.05) is 50.6 Å². The number of methoxy groups -OCH3 is 1. The molecule has 2 fully saturated rings. The number of rotatable bonds is 6. The number of pyridine rings is 1. The Labute approximate surface area is 175 Å². The minimum atomic E-state index is -0.371. The number of aromatic nitrogens is 1. The van der Waals surface area contributed by atoms with Crippen LogP contribution in [0.1, 0.15) is 12.0 Å². The third-order valence-electron chi connectivity index (χ3n) is 5.47. The van der Waals surface area contributed by atoms with Crippen molar-refractivity contribution in [1.82, 2.24) is 10.3 Å². The van der Waals surface area contributed by atoms with E-state index in [0.717, 1.165) is 30.2 Å². The van der Waals surface area contributed by atoms with E-state index in [1.54, 1.807) is 18.2 Å². The van der Waals surface area contributed by atoms with Crippen molar-refractivity contribution in [2.45, 2.75) is 13.0 Å². The average Bonchev–Trinajstić information content (AvgIpc) is 3.20. The summed E-state index contributed by atoms with van der Waals surface area (Å²) in [5.41, 5.74) is 1.73. The van der Waals surface area contributed by atoms with E-state index in [1.165, 1.54) is 0 Å². The monoisotopic (exact) mass is 410 g/mol. The Morgan fingerprint density at radius 3 is 2.90 bits per heavy atom. The lowest BCUT2D eigenvalue weighted by molar-refractivity contribution is -0.126. The maximum Gasteiger partial charge on any atom is 0.227 e. The molecule has 2 amide bonds.